The molecule has 0 radical (unpaired) electrons. The average molecular weight is 152 g/mol. The zero-order chi connectivity index (χ0) is 8.27. The van der Waals surface area contributed by atoms with Gasteiger partial charge in [0.1, 0.15) is 0 Å². The van der Waals surface area contributed by atoms with Crippen molar-refractivity contribution in [2.75, 3.05) is 5.73 Å². The minimum atomic E-state index is -0.586. The van der Waals surface area contributed by atoms with Gasteiger partial charge in [0.05, 0.1) is 5.56 Å². The van der Waals surface area contributed by atoms with E-state index in [0.717, 1.165) is 0 Å². The maximum atomic E-state index is 10.8. The number of carbonyl (C=O) groups is 1. The first-order valence-corrected chi connectivity index (χ1v) is 3.00. The Morgan fingerprint density at radius 2 is 2.18 bits per heavy atom. The summed E-state index contributed by atoms with van der Waals surface area (Å²) in [4.78, 5) is 14.8. The van der Waals surface area contributed by atoms with Gasteiger partial charge in [0.15, 0.2) is 0 Å². The first-order valence-electron chi connectivity index (χ1n) is 3.00. The van der Waals surface area contributed by atoms with Gasteiger partial charge in [-0.05, 0) is 18.2 Å². The Kier molecular flexibility index (Phi) is 2.08. The monoisotopic (exact) mass is 152 g/mol. The Hall–Kier alpha value is -1.55. The summed E-state index contributed by atoms with van der Waals surface area (Å²) < 4.78 is 0. The predicted molar refractivity (Wildman–Crippen MR) is 40.5 cm³/mol. The molecule has 0 fully saturated rings. The van der Waals surface area contributed by atoms with Gasteiger partial charge in [0.25, 0.3) is 0 Å². The highest BCUT2D eigenvalue weighted by atomic mass is 16.7. The Bertz CT molecular complexity index is 273. The van der Waals surface area contributed by atoms with Crippen LogP contribution in [0.2, 0.25) is 0 Å². The standard InChI is InChI=1S/C7H8N2O2/c8-6-3-1-2-5(4-6)7(10)11-9/h1-4H,8-9H2. The van der Waals surface area contributed by atoms with Gasteiger partial charge >= 0.3 is 5.97 Å². The first kappa shape index (κ1) is 7.56. The molecule has 1 aromatic rings. The molecule has 0 saturated heterocycles. The summed E-state index contributed by atoms with van der Waals surface area (Å²) >= 11 is 0. The van der Waals surface area contributed by atoms with Gasteiger partial charge in [-0.25, -0.2) is 4.79 Å². The Balaban J connectivity index is 2.96. The van der Waals surface area contributed by atoms with E-state index in [1.165, 1.54) is 6.07 Å². The van der Waals surface area contributed by atoms with Gasteiger partial charge in [-0.2, -0.15) is 5.90 Å². The molecule has 0 aliphatic rings. The SMILES string of the molecule is NOC(=O)c1cccc(N)c1. The highest BCUT2D eigenvalue weighted by Crippen LogP contribution is 2.06. The van der Waals surface area contributed by atoms with Gasteiger partial charge in [-0.3, -0.25) is 0 Å². The number of hydrogen-bond donors (Lipinski definition) is 2. The number of nitrogens with two attached hydrogens (primary N) is 2. The molecule has 0 unspecified atom stereocenters. The zero-order valence-corrected chi connectivity index (χ0v) is 5.78. The smallest absolute Gasteiger partial charge is 0.356 e. The molecule has 0 spiro atoms. The first-order chi connectivity index (χ1) is 5.24. The lowest BCUT2D eigenvalue weighted by atomic mass is 10.2. The van der Waals surface area contributed by atoms with Crippen LogP contribution in [0.15, 0.2) is 24.3 Å². The summed E-state index contributed by atoms with van der Waals surface area (Å²) in [5.41, 5.74) is 6.26. The molecule has 0 atom stereocenters. The van der Waals surface area contributed by atoms with Gasteiger partial charge in [-0.15, -0.1) is 0 Å². The van der Waals surface area contributed by atoms with Gasteiger partial charge < -0.3 is 10.6 Å². The summed E-state index contributed by atoms with van der Waals surface area (Å²) in [5.74, 6) is 4.08. The van der Waals surface area contributed by atoms with Crippen LogP contribution in [-0.4, -0.2) is 5.97 Å². The summed E-state index contributed by atoms with van der Waals surface area (Å²) in [6.45, 7) is 0. The van der Waals surface area contributed by atoms with E-state index in [-0.39, 0.29) is 0 Å². The second-order valence-electron chi connectivity index (χ2n) is 2.03. The van der Waals surface area contributed by atoms with Gasteiger partial charge in [-0.1, -0.05) is 6.07 Å². The van der Waals surface area contributed by atoms with Crippen molar-refractivity contribution in [3.05, 3.63) is 29.8 Å². The molecular weight excluding hydrogens is 144 g/mol. The van der Waals surface area contributed by atoms with Crippen molar-refractivity contribution in [3.63, 3.8) is 0 Å². The maximum absolute atomic E-state index is 10.8. The van der Waals surface area contributed by atoms with Crippen LogP contribution < -0.4 is 11.6 Å². The molecule has 0 heterocycles. The third-order valence-electron chi connectivity index (χ3n) is 1.23. The fourth-order valence-electron chi connectivity index (χ4n) is 0.734. The van der Waals surface area contributed by atoms with E-state index < -0.39 is 5.97 Å². The van der Waals surface area contributed by atoms with Crippen LogP contribution in [-0.2, 0) is 4.84 Å². The second kappa shape index (κ2) is 3.03. The molecule has 0 aromatic heterocycles. The lowest BCUT2D eigenvalue weighted by Gasteiger charge is -1.97. The molecule has 0 aliphatic heterocycles. The fourth-order valence-corrected chi connectivity index (χ4v) is 0.734. The highest BCUT2D eigenvalue weighted by molar-refractivity contribution is 5.90. The molecule has 11 heavy (non-hydrogen) atoms. The van der Waals surface area contributed by atoms with Crippen LogP contribution >= 0.6 is 0 Å². The van der Waals surface area contributed by atoms with Crippen molar-refractivity contribution in [1.82, 2.24) is 0 Å². The predicted octanol–water partition coefficient (Wildman–Crippen LogP) is 0.299. The fraction of sp³-hybridized carbons (Fsp3) is 0. The Morgan fingerprint density at radius 1 is 1.45 bits per heavy atom. The van der Waals surface area contributed by atoms with Crippen LogP contribution in [0.5, 0.6) is 0 Å². The molecular formula is C7H8N2O2. The summed E-state index contributed by atoms with van der Waals surface area (Å²) in [6.07, 6.45) is 0. The summed E-state index contributed by atoms with van der Waals surface area (Å²) in [6, 6.07) is 6.40. The molecule has 1 aromatic carbocycles. The summed E-state index contributed by atoms with van der Waals surface area (Å²) in [5, 5.41) is 0. The molecule has 0 amide bonds. The number of benzene rings is 1. The number of nitrogen functional groups attached to an aromatic ring is 1. The third kappa shape index (κ3) is 1.68. The lowest BCUT2D eigenvalue weighted by Crippen LogP contribution is -2.10. The van der Waals surface area contributed by atoms with Gasteiger partial charge in [0, 0.05) is 5.69 Å². The van der Waals surface area contributed by atoms with Crippen LogP contribution in [0.25, 0.3) is 0 Å². The van der Waals surface area contributed by atoms with Crippen LogP contribution in [0.3, 0.4) is 0 Å². The normalized spacial score (nSPS) is 9.18. The molecule has 4 nitrogen and oxygen atoms in total. The maximum Gasteiger partial charge on any atom is 0.356 e. The Labute approximate surface area is 63.7 Å². The quantitative estimate of drug-likeness (QED) is 0.448. The van der Waals surface area contributed by atoms with Crippen molar-refractivity contribution in [3.8, 4) is 0 Å². The molecule has 0 aliphatic carbocycles. The minimum absolute atomic E-state index is 0.354. The Morgan fingerprint density at radius 3 is 2.73 bits per heavy atom. The van der Waals surface area contributed by atoms with E-state index in [0.29, 0.717) is 11.3 Å². The largest absolute Gasteiger partial charge is 0.399 e. The molecule has 0 saturated carbocycles. The number of rotatable bonds is 1. The van der Waals surface area contributed by atoms with E-state index >= 15 is 0 Å². The number of anilines is 1. The van der Waals surface area contributed by atoms with E-state index in [1.54, 1.807) is 18.2 Å². The lowest BCUT2D eigenvalue weighted by molar-refractivity contribution is 0.0503. The minimum Gasteiger partial charge on any atom is -0.399 e. The van der Waals surface area contributed by atoms with Crippen LogP contribution in [0, 0.1) is 0 Å². The zero-order valence-electron chi connectivity index (χ0n) is 5.78. The number of carbonyl (C=O) groups excluding carboxylic acids is 1. The molecule has 58 valence electrons. The van der Waals surface area contributed by atoms with Crippen molar-refractivity contribution in [2.45, 2.75) is 0 Å². The van der Waals surface area contributed by atoms with E-state index in [4.69, 9.17) is 5.73 Å². The molecule has 4 N–H and O–H groups in total. The highest BCUT2D eigenvalue weighted by Gasteiger charge is 2.03. The van der Waals surface area contributed by atoms with E-state index in [9.17, 15) is 4.79 Å². The molecule has 0 bridgehead atoms. The second-order valence-corrected chi connectivity index (χ2v) is 2.03. The third-order valence-corrected chi connectivity index (χ3v) is 1.23. The van der Waals surface area contributed by atoms with Crippen LogP contribution in [0.4, 0.5) is 5.69 Å². The summed E-state index contributed by atoms with van der Waals surface area (Å²) in [7, 11) is 0. The van der Waals surface area contributed by atoms with Crippen molar-refractivity contribution in [2.24, 2.45) is 5.90 Å². The topological polar surface area (TPSA) is 78.3 Å². The average Bonchev–Trinajstić information content (AvgIpc) is 2.03. The van der Waals surface area contributed by atoms with Crippen molar-refractivity contribution >= 4 is 11.7 Å². The molecule has 4 heteroatoms. The number of hydrogen-bond acceptors (Lipinski definition) is 4. The molecule has 1 rings (SSSR count). The van der Waals surface area contributed by atoms with Gasteiger partial charge in [0.2, 0.25) is 0 Å². The van der Waals surface area contributed by atoms with Crippen molar-refractivity contribution < 1.29 is 9.63 Å². The van der Waals surface area contributed by atoms with Crippen molar-refractivity contribution in [1.29, 1.82) is 0 Å². The van der Waals surface area contributed by atoms with Crippen LogP contribution in [0.1, 0.15) is 10.4 Å². The van der Waals surface area contributed by atoms with E-state index in [1.807, 2.05) is 0 Å². The van der Waals surface area contributed by atoms with E-state index in [2.05, 4.69) is 10.7 Å².